The Bertz CT molecular complexity index is 963. The molecule has 0 aliphatic rings. The van der Waals surface area contributed by atoms with Crippen molar-refractivity contribution in [1.82, 2.24) is 4.57 Å². The third-order valence-corrected chi connectivity index (χ3v) is 5.59. The molecule has 3 aromatic rings. The Hall–Kier alpha value is -1.89. The number of rotatable bonds is 5. The van der Waals surface area contributed by atoms with Crippen LogP contribution >= 0.6 is 38.9 Å². The van der Waals surface area contributed by atoms with Crippen LogP contribution in [0.25, 0.3) is 0 Å². The molecule has 0 amide bonds. The van der Waals surface area contributed by atoms with Gasteiger partial charge in [0.25, 0.3) is 0 Å². The fraction of sp³-hybridized carbons (Fsp3) is 0.111. The summed E-state index contributed by atoms with van der Waals surface area (Å²) in [4.78, 5) is 12.7. The Morgan fingerprint density at radius 2 is 1.96 bits per heavy atom. The molecule has 4 nitrogen and oxygen atoms in total. The molecule has 0 unspecified atom stereocenters. The van der Waals surface area contributed by atoms with Crippen molar-refractivity contribution in [3.63, 3.8) is 0 Å². The summed E-state index contributed by atoms with van der Waals surface area (Å²) in [6, 6.07) is 15.6. The molecule has 0 aliphatic carbocycles. The van der Waals surface area contributed by atoms with Gasteiger partial charge in [0.1, 0.15) is 5.15 Å². The normalized spacial score (nSPS) is 11.2. The van der Waals surface area contributed by atoms with Crippen LogP contribution in [0.4, 0.5) is 5.69 Å². The summed E-state index contributed by atoms with van der Waals surface area (Å²) >= 11 is 10.8. The molecule has 0 saturated carbocycles. The summed E-state index contributed by atoms with van der Waals surface area (Å²) in [6.45, 7) is 2.43. The molecule has 0 radical (unpaired) electrons. The maximum Gasteiger partial charge on any atom is 0.309 e. The highest BCUT2D eigenvalue weighted by molar-refractivity contribution is 9.10. The van der Waals surface area contributed by atoms with Crippen molar-refractivity contribution in [2.75, 3.05) is 5.43 Å². The van der Waals surface area contributed by atoms with Gasteiger partial charge in [-0.1, -0.05) is 69.2 Å². The molecule has 128 valence electrons. The van der Waals surface area contributed by atoms with E-state index in [1.807, 2.05) is 55.5 Å². The zero-order valence-corrected chi connectivity index (χ0v) is 16.5. The van der Waals surface area contributed by atoms with Crippen LogP contribution in [0.5, 0.6) is 0 Å². The van der Waals surface area contributed by atoms with Crippen LogP contribution in [0.2, 0.25) is 5.15 Å². The Kier molecular flexibility index (Phi) is 5.73. The number of hydrogen-bond donors (Lipinski definition) is 1. The molecule has 0 aliphatic heterocycles. The SMILES string of the molecule is Cc1ccccc1N/N=C\c1sc(=O)n(Cc2ccc(Br)cc2)c1Cl. The topological polar surface area (TPSA) is 46.4 Å². The fourth-order valence-corrected chi connectivity index (χ4v) is 3.62. The minimum atomic E-state index is -0.106. The number of anilines is 1. The molecule has 1 heterocycles. The van der Waals surface area contributed by atoms with Gasteiger partial charge in [0.15, 0.2) is 0 Å². The van der Waals surface area contributed by atoms with E-state index in [0.717, 1.165) is 32.6 Å². The van der Waals surface area contributed by atoms with Gasteiger partial charge in [-0.3, -0.25) is 14.8 Å². The standard InChI is InChI=1S/C18H15BrClN3OS/c1-12-4-2-3-5-15(12)22-21-10-16-17(20)23(18(24)25-16)11-13-6-8-14(19)9-7-13/h2-10,22H,11H2,1H3/b21-10-. The van der Waals surface area contributed by atoms with Crippen LogP contribution in [0.3, 0.4) is 0 Å². The van der Waals surface area contributed by atoms with Crippen LogP contribution in [0.15, 0.2) is 62.9 Å². The van der Waals surface area contributed by atoms with E-state index in [-0.39, 0.29) is 4.87 Å². The van der Waals surface area contributed by atoms with Crippen LogP contribution in [0.1, 0.15) is 16.0 Å². The second-order valence-corrected chi connectivity index (χ2v) is 7.69. The number of nitrogens with zero attached hydrogens (tertiary/aromatic N) is 2. The zero-order chi connectivity index (χ0) is 17.8. The number of aromatic nitrogens is 1. The van der Waals surface area contributed by atoms with Crippen molar-refractivity contribution >= 4 is 50.8 Å². The Labute approximate surface area is 162 Å². The Morgan fingerprint density at radius 3 is 2.68 bits per heavy atom. The van der Waals surface area contributed by atoms with Crippen LogP contribution < -0.4 is 10.3 Å². The van der Waals surface area contributed by atoms with E-state index in [1.54, 1.807) is 10.8 Å². The average molecular weight is 437 g/mol. The highest BCUT2D eigenvalue weighted by atomic mass is 79.9. The van der Waals surface area contributed by atoms with Gasteiger partial charge in [0.2, 0.25) is 0 Å². The van der Waals surface area contributed by atoms with Gasteiger partial charge < -0.3 is 0 Å². The third-order valence-electron chi connectivity index (χ3n) is 3.62. The number of hydrogen-bond acceptors (Lipinski definition) is 4. The molecule has 2 aromatic carbocycles. The first-order chi connectivity index (χ1) is 12.0. The van der Waals surface area contributed by atoms with Crippen LogP contribution in [-0.2, 0) is 6.54 Å². The van der Waals surface area contributed by atoms with Gasteiger partial charge in [0, 0.05) is 4.47 Å². The van der Waals surface area contributed by atoms with E-state index in [0.29, 0.717) is 16.6 Å². The van der Waals surface area contributed by atoms with Crippen molar-refractivity contribution in [2.45, 2.75) is 13.5 Å². The number of hydrazone groups is 1. The summed E-state index contributed by atoms with van der Waals surface area (Å²) in [5.74, 6) is 0. The largest absolute Gasteiger partial charge is 0.309 e. The summed E-state index contributed by atoms with van der Waals surface area (Å²) < 4.78 is 2.54. The number of para-hydroxylation sites is 1. The van der Waals surface area contributed by atoms with Crippen molar-refractivity contribution in [3.8, 4) is 0 Å². The average Bonchev–Trinajstić information content (AvgIpc) is 2.86. The van der Waals surface area contributed by atoms with Gasteiger partial charge >= 0.3 is 4.87 Å². The number of thiazole rings is 1. The zero-order valence-electron chi connectivity index (χ0n) is 13.4. The maximum atomic E-state index is 12.2. The number of halogens is 2. The molecule has 0 spiro atoms. The maximum absolute atomic E-state index is 12.2. The minimum absolute atomic E-state index is 0.106. The highest BCUT2D eigenvalue weighted by Crippen LogP contribution is 2.20. The first kappa shape index (κ1) is 17.9. The van der Waals surface area contributed by atoms with Crippen LogP contribution in [-0.4, -0.2) is 10.8 Å². The minimum Gasteiger partial charge on any atom is -0.284 e. The van der Waals surface area contributed by atoms with E-state index in [4.69, 9.17) is 11.6 Å². The van der Waals surface area contributed by atoms with Crippen molar-refractivity contribution in [3.05, 3.63) is 83.8 Å². The lowest BCUT2D eigenvalue weighted by Gasteiger charge is -2.04. The Morgan fingerprint density at radius 1 is 1.24 bits per heavy atom. The lowest BCUT2D eigenvalue weighted by molar-refractivity contribution is 0.784. The Balaban J connectivity index is 1.77. The van der Waals surface area contributed by atoms with Gasteiger partial charge in [-0.2, -0.15) is 5.10 Å². The van der Waals surface area contributed by atoms with Gasteiger partial charge in [0.05, 0.1) is 23.3 Å². The smallest absolute Gasteiger partial charge is 0.284 e. The summed E-state index contributed by atoms with van der Waals surface area (Å²) in [5, 5.41) is 4.60. The monoisotopic (exact) mass is 435 g/mol. The van der Waals surface area contributed by atoms with Crippen molar-refractivity contribution in [2.24, 2.45) is 5.10 Å². The summed E-state index contributed by atoms with van der Waals surface area (Å²) in [5.41, 5.74) is 5.98. The predicted molar refractivity (Wildman–Crippen MR) is 109 cm³/mol. The van der Waals surface area contributed by atoms with Crippen molar-refractivity contribution < 1.29 is 0 Å². The van der Waals surface area contributed by atoms with Gasteiger partial charge in [-0.05, 0) is 36.2 Å². The number of nitrogens with one attached hydrogen (secondary N) is 1. The van der Waals surface area contributed by atoms with Gasteiger partial charge in [-0.15, -0.1) is 0 Å². The van der Waals surface area contributed by atoms with Crippen molar-refractivity contribution in [1.29, 1.82) is 0 Å². The van der Waals surface area contributed by atoms with Gasteiger partial charge in [-0.25, -0.2) is 0 Å². The first-order valence-corrected chi connectivity index (χ1v) is 9.51. The molecule has 0 saturated heterocycles. The number of benzene rings is 2. The lowest BCUT2D eigenvalue weighted by Crippen LogP contribution is -2.13. The molecule has 1 N–H and O–H groups in total. The van der Waals surface area contributed by atoms with Crippen LogP contribution in [0, 0.1) is 6.92 Å². The lowest BCUT2D eigenvalue weighted by atomic mass is 10.2. The summed E-state index contributed by atoms with van der Waals surface area (Å²) in [7, 11) is 0. The van der Waals surface area contributed by atoms with E-state index in [9.17, 15) is 4.79 Å². The van der Waals surface area contributed by atoms with E-state index in [2.05, 4.69) is 26.5 Å². The van der Waals surface area contributed by atoms with E-state index >= 15 is 0 Å². The molecule has 7 heteroatoms. The molecule has 3 rings (SSSR count). The molecule has 0 atom stereocenters. The molecular weight excluding hydrogens is 422 g/mol. The molecule has 0 fully saturated rings. The molecule has 25 heavy (non-hydrogen) atoms. The quantitative estimate of drug-likeness (QED) is 0.445. The fourth-order valence-electron chi connectivity index (χ4n) is 2.25. The molecule has 1 aromatic heterocycles. The number of aryl methyl sites for hydroxylation is 1. The third kappa shape index (κ3) is 4.39. The second kappa shape index (κ2) is 7.99. The van der Waals surface area contributed by atoms with E-state index < -0.39 is 0 Å². The highest BCUT2D eigenvalue weighted by Gasteiger charge is 2.12. The summed E-state index contributed by atoms with van der Waals surface area (Å²) in [6.07, 6.45) is 1.58. The van der Waals surface area contributed by atoms with E-state index in [1.165, 1.54) is 0 Å². The first-order valence-electron chi connectivity index (χ1n) is 7.53. The predicted octanol–water partition coefficient (Wildman–Crippen LogP) is 5.13. The second-order valence-electron chi connectivity index (χ2n) is 5.42. The molecule has 0 bridgehead atoms. The molecular formula is C18H15BrClN3OS.